The summed E-state index contributed by atoms with van der Waals surface area (Å²) in [5, 5.41) is 3.09. The summed E-state index contributed by atoms with van der Waals surface area (Å²) in [7, 11) is 0. The number of carbonyl (C=O) groups excluding carboxylic acids is 1. The van der Waals surface area contributed by atoms with Gasteiger partial charge in [0.25, 0.3) is 0 Å². The van der Waals surface area contributed by atoms with Crippen molar-refractivity contribution in [3.05, 3.63) is 132 Å². The summed E-state index contributed by atoms with van der Waals surface area (Å²) in [6.45, 7) is 0. The first kappa shape index (κ1) is 19.3. The number of anilines is 1. The maximum atomic E-state index is 13.3. The Kier molecular flexibility index (Phi) is 6.11. The van der Waals surface area contributed by atoms with Gasteiger partial charge in [-0.05, 0) is 46.5 Å². The van der Waals surface area contributed by atoms with Crippen LogP contribution in [0.3, 0.4) is 0 Å². The van der Waals surface area contributed by atoms with Crippen LogP contribution in [0.5, 0.6) is 0 Å². The van der Waals surface area contributed by atoms with Crippen molar-refractivity contribution in [2.24, 2.45) is 0 Å². The molecule has 1 N–H and O–H groups in total. The number of benzene rings is 3. The first-order chi connectivity index (χ1) is 14.8. The Hall–Kier alpha value is -3.98. The lowest BCUT2D eigenvalue weighted by Crippen LogP contribution is -2.22. The fourth-order valence-corrected chi connectivity index (χ4v) is 3.39. The van der Waals surface area contributed by atoms with Crippen LogP contribution < -0.4 is 5.32 Å². The molecule has 1 amide bonds. The van der Waals surface area contributed by atoms with Gasteiger partial charge in [-0.15, -0.1) is 0 Å². The van der Waals surface area contributed by atoms with Gasteiger partial charge in [-0.2, -0.15) is 0 Å². The zero-order chi connectivity index (χ0) is 20.6. The first-order valence-corrected chi connectivity index (χ1v) is 9.88. The van der Waals surface area contributed by atoms with Crippen molar-refractivity contribution in [1.82, 2.24) is 4.98 Å². The number of carbonyl (C=O) groups is 1. The number of aromatic nitrogens is 1. The quantitative estimate of drug-likeness (QED) is 0.437. The van der Waals surface area contributed by atoms with Gasteiger partial charge in [0.05, 0.1) is 5.92 Å². The van der Waals surface area contributed by atoms with E-state index in [0.29, 0.717) is 0 Å². The molecule has 0 fully saturated rings. The summed E-state index contributed by atoms with van der Waals surface area (Å²) in [6.07, 6.45) is 7.59. The molecular formula is C27H22N2O. The summed E-state index contributed by atoms with van der Waals surface area (Å²) in [6, 6.07) is 31.5. The lowest BCUT2D eigenvalue weighted by molar-refractivity contribution is -0.116. The van der Waals surface area contributed by atoms with Crippen LogP contribution in [0, 0.1) is 0 Å². The van der Waals surface area contributed by atoms with E-state index < -0.39 is 0 Å². The molecule has 3 heteroatoms. The largest absolute Gasteiger partial charge is 0.325 e. The highest BCUT2D eigenvalue weighted by molar-refractivity contribution is 5.98. The van der Waals surface area contributed by atoms with Crippen molar-refractivity contribution in [2.45, 2.75) is 5.92 Å². The van der Waals surface area contributed by atoms with Crippen molar-refractivity contribution in [1.29, 1.82) is 0 Å². The second kappa shape index (κ2) is 9.48. The molecule has 146 valence electrons. The molecule has 0 radical (unpaired) electrons. The predicted molar refractivity (Wildman–Crippen MR) is 123 cm³/mol. The molecule has 0 spiro atoms. The number of nitrogens with zero attached hydrogens (tertiary/aromatic N) is 1. The lowest BCUT2D eigenvalue weighted by Gasteiger charge is -2.18. The Morgan fingerprint density at radius 3 is 1.93 bits per heavy atom. The summed E-state index contributed by atoms with van der Waals surface area (Å²) < 4.78 is 0. The molecule has 3 aromatic carbocycles. The molecule has 0 aliphatic rings. The van der Waals surface area contributed by atoms with Crippen LogP contribution in [0.1, 0.15) is 28.2 Å². The Bertz CT molecular complexity index is 1080. The van der Waals surface area contributed by atoms with Crippen molar-refractivity contribution in [3.8, 4) is 0 Å². The van der Waals surface area contributed by atoms with E-state index in [9.17, 15) is 4.79 Å². The van der Waals surface area contributed by atoms with Crippen LogP contribution in [-0.4, -0.2) is 10.9 Å². The number of hydrogen-bond acceptors (Lipinski definition) is 2. The SMILES string of the molecule is O=C(Nc1cccc(C=Cc2ccncc2)c1)C(c1ccccc1)c1ccccc1. The van der Waals surface area contributed by atoms with E-state index in [1.165, 1.54) is 0 Å². The van der Waals surface area contributed by atoms with Crippen LogP contribution in [0.25, 0.3) is 12.2 Å². The minimum absolute atomic E-state index is 0.0531. The molecular weight excluding hydrogens is 368 g/mol. The molecule has 30 heavy (non-hydrogen) atoms. The lowest BCUT2D eigenvalue weighted by atomic mass is 9.90. The highest BCUT2D eigenvalue weighted by Crippen LogP contribution is 2.26. The smallest absolute Gasteiger partial charge is 0.236 e. The predicted octanol–water partition coefficient (Wildman–Crippen LogP) is 6.02. The van der Waals surface area contributed by atoms with Crippen LogP contribution in [0.2, 0.25) is 0 Å². The topological polar surface area (TPSA) is 42.0 Å². The Labute approximate surface area is 176 Å². The minimum Gasteiger partial charge on any atom is -0.325 e. The van der Waals surface area contributed by atoms with Gasteiger partial charge >= 0.3 is 0 Å². The van der Waals surface area contributed by atoms with Gasteiger partial charge in [0.1, 0.15) is 0 Å². The van der Waals surface area contributed by atoms with Crippen LogP contribution in [0.15, 0.2) is 109 Å². The third-order valence-electron chi connectivity index (χ3n) is 4.86. The molecule has 1 aromatic heterocycles. The second-order valence-electron chi connectivity index (χ2n) is 6.98. The van der Waals surface area contributed by atoms with E-state index in [-0.39, 0.29) is 11.8 Å². The molecule has 1 heterocycles. The van der Waals surface area contributed by atoms with E-state index in [1.54, 1.807) is 12.4 Å². The average molecular weight is 390 g/mol. The maximum Gasteiger partial charge on any atom is 0.236 e. The van der Waals surface area contributed by atoms with Crippen LogP contribution in [0.4, 0.5) is 5.69 Å². The zero-order valence-corrected chi connectivity index (χ0v) is 16.5. The van der Waals surface area contributed by atoms with E-state index >= 15 is 0 Å². The van der Waals surface area contributed by atoms with E-state index in [0.717, 1.165) is 27.9 Å². The number of hydrogen-bond donors (Lipinski definition) is 1. The number of rotatable bonds is 6. The molecule has 0 aliphatic carbocycles. The van der Waals surface area contributed by atoms with Crippen molar-refractivity contribution >= 4 is 23.7 Å². The minimum atomic E-state index is -0.372. The maximum absolute atomic E-state index is 13.3. The highest BCUT2D eigenvalue weighted by atomic mass is 16.1. The van der Waals surface area contributed by atoms with Gasteiger partial charge in [0.2, 0.25) is 5.91 Å². The number of amides is 1. The summed E-state index contributed by atoms with van der Waals surface area (Å²) in [5.41, 5.74) is 4.80. The van der Waals surface area contributed by atoms with Gasteiger partial charge in [0, 0.05) is 18.1 Å². The van der Waals surface area contributed by atoms with Gasteiger partial charge in [-0.1, -0.05) is 84.9 Å². The highest BCUT2D eigenvalue weighted by Gasteiger charge is 2.22. The molecule has 0 saturated heterocycles. The Morgan fingerprint density at radius 1 is 0.700 bits per heavy atom. The van der Waals surface area contributed by atoms with Crippen LogP contribution >= 0.6 is 0 Å². The molecule has 4 rings (SSSR count). The molecule has 4 aromatic rings. The van der Waals surface area contributed by atoms with E-state index in [4.69, 9.17) is 0 Å². The van der Waals surface area contributed by atoms with Gasteiger partial charge in [-0.3, -0.25) is 9.78 Å². The normalized spacial score (nSPS) is 11.0. The van der Waals surface area contributed by atoms with Crippen LogP contribution in [-0.2, 0) is 4.79 Å². The summed E-state index contributed by atoms with van der Waals surface area (Å²) in [5.74, 6) is -0.425. The third kappa shape index (κ3) is 4.89. The third-order valence-corrected chi connectivity index (χ3v) is 4.86. The Balaban J connectivity index is 1.56. The number of pyridine rings is 1. The summed E-state index contributed by atoms with van der Waals surface area (Å²) in [4.78, 5) is 17.3. The van der Waals surface area contributed by atoms with Gasteiger partial charge in [0.15, 0.2) is 0 Å². The molecule has 0 bridgehead atoms. The van der Waals surface area contributed by atoms with Crippen molar-refractivity contribution in [3.63, 3.8) is 0 Å². The monoisotopic (exact) mass is 390 g/mol. The van der Waals surface area contributed by atoms with Crippen molar-refractivity contribution < 1.29 is 4.79 Å². The van der Waals surface area contributed by atoms with Crippen molar-refractivity contribution in [2.75, 3.05) is 5.32 Å². The molecule has 0 saturated carbocycles. The second-order valence-corrected chi connectivity index (χ2v) is 6.98. The fraction of sp³-hybridized carbons (Fsp3) is 0.0370. The van der Waals surface area contributed by atoms with Gasteiger partial charge < -0.3 is 5.32 Å². The van der Waals surface area contributed by atoms with Gasteiger partial charge in [-0.25, -0.2) is 0 Å². The molecule has 3 nitrogen and oxygen atoms in total. The molecule has 0 atom stereocenters. The average Bonchev–Trinajstić information content (AvgIpc) is 2.80. The number of nitrogens with one attached hydrogen (secondary N) is 1. The molecule has 0 unspecified atom stereocenters. The standard InChI is InChI=1S/C27H22N2O/c30-27(26(23-9-3-1-4-10-23)24-11-5-2-6-12-24)29-25-13-7-8-22(20-25)15-14-21-16-18-28-19-17-21/h1-20,26H,(H,29,30). The molecule has 0 aliphatic heterocycles. The van der Waals surface area contributed by atoms with E-state index in [1.807, 2.05) is 109 Å². The zero-order valence-electron chi connectivity index (χ0n) is 16.5. The summed E-state index contributed by atoms with van der Waals surface area (Å²) >= 11 is 0. The van der Waals surface area contributed by atoms with E-state index in [2.05, 4.69) is 10.3 Å². The first-order valence-electron chi connectivity index (χ1n) is 9.88. The fourth-order valence-electron chi connectivity index (χ4n) is 3.39. The Morgan fingerprint density at radius 2 is 1.30 bits per heavy atom.